The van der Waals surface area contributed by atoms with Crippen LogP contribution in [-0.4, -0.2) is 12.8 Å². The standard InChI is InChI=1S/C13H16F3NO/c1-9(17)10-2-4-11(5-3-10)18-8-12(6-7-12)13(14,15)16/h2-5,9H,6-8,17H2,1H3. The molecule has 0 amide bonds. The molecule has 18 heavy (non-hydrogen) atoms. The van der Waals surface area contributed by atoms with E-state index in [9.17, 15) is 13.2 Å². The molecule has 1 aliphatic carbocycles. The average Bonchev–Trinajstić information content (AvgIpc) is 3.07. The predicted octanol–water partition coefficient (Wildman–Crippen LogP) is 3.43. The van der Waals surface area contributed by atoms with E-state index in [4.69, 9.17) is 10.5 Å². The normalized spacial score (nSPS) is 19.4. The highest BCUT2D eigenvalue weighted by Crippen LogP contribution is 2.57. The van der Waals surface area contributed by atoms with Gasteiger partial charge < -0.3 is 10.5 Å². The summed E-state index contributed by atoms with van der Waals surface area (Å²) in [4.78, 5) is 0. The van der Waals surface area contributed by atoms with Crippen molar-refractivity contribution in [3.05, 3.63) is 29.8 Å². The summed E-state index contributed by atoms with van der Waals surface area (Å²) in [6.45, 7) is 1.55. The van der Waals surface area contributed by atoms with Crippen LogP contribution in [0.2, 0.25) is 0 Å². The fourth-order valence-electron chi connectivity index (χ4n) is 1.75. The van der Waals surface area contributed by atoms with E-state index in [2.05, 4.69) is 0 Å². The van der Waals surface area contributed by atoms with Gasteiger partial charge in [0.2, 0.25) is 0 Å². The Morgan fingerprint density at radius 3 is 2.22 bits per heavy atom. The van der Waals surface area contributed by atoms with Crippen molar-refractivity contribution in [3.63, 3.8) is 0 Å². The number of nitrogens with two attached hydrogens (primary N) is 1. The Morgan fingerprint density at radius 1 is 1.28 bits per heavy atom. The van der Waals surface area contributed by atoms with E-state index in [1.54, 1.807) is 24.3 Å². The van der Waals surface area contributed by atoms with Crippen molar-refractivity contribution in [2.24, 2.45) is 11.1 Å². The Hall–Kier alpha value is -1.23. The topological polar surface area (TPSA) is 35.2 Å². The summed E-state index contributed by atoms with van der Waals surface area (Å²) >= 11 is 0. The van der Waals surface area contributed by atoms with Gasteiger partial charge in [0.1, 0.15) is 17.8 Å². The molecule has 0 saturated heterocycles. The fraction of sp³-hybridized carbons (Fsp3) is 0.538. The van der Waals surface area contributed by atoms with Gasteiger partial charge in [0, 0.05) is 6.04 Å². The van der Waals surface area contributed by atoms with Gasteiger partial charge in [-0.3, -0.25) is 0 Å². The Bertz CT molecular complexity index is 407. The maximum Gasteiger partial charge on any atom is 0.397 e. The van der Waals surface area contributed by atoms with Crippen LogP contribution in [0.5, 0.6) is 5.75 Å². The lowest BCUT2D eigenvalue weighted by atomic mass is 10.1. The first kappa shape index (κ1) is 13.2. The molecule has 0 heterocycles. The smallest absolute Gasteiger partial charge is 0.397 e. The molecule has 0 aromatic heterocycles. The first-order valence-electron chi connectivity index (χ1n) is 5.89. The van der Waals surface area contributed by atoms with Crippen LogP contribution < -0.4 is 10.5 Å². The number of rotatable bonds is 4. The highest BCUT2D eigenvalue weighted by Gasteiger charge is 2.63. The van der Waals surface area contributed by atoms with Gasteiger partial charge in [-0.15, -0.1) is 0 Å². The van der Waals surface area contributed by atoms with E-state index in [-0.39, 0.29) is 25.5 Å². The first-order valence-corrected chi connectivity index (χ1v) is 5.89. The van der Waals surface area contributed by atoms with Crippen molar-refractivity contribution >= 4 is 0 Å². The van der Waals surface area contributed by atoms with Gasteiger partial charge in [0.05, 0.1) is 0 Å². The van der Waals surface area contributed by atoms with E-state index < -0.39 is 11.6 Å². The van der Waals surface area contributed by atoms with Gasteiger partial charge in [0.15, 0.2) is 0 Å². The van der Waals surface area contributed by atoms with E-state index in [1.165, 1.54) is 0 Å². The molecule has 2 rings (SSSR count). The minimum absolute atomic E-state index is 0.0935. The zero-order valence-electron chi connectivity index (χ0n) is 10.1. The van der Waals surface area contributed by atoms with Crippen molar-refractivity contribution in [1.29, 1.82) is 0 Å². The summed E-state index contributed by atoms with van der Waals surface area (Å²) < 4.78 is 43.2. The van der Waals surface area contributed by atoms with Crippen LogP contribution in [0.15, 0.2) is 24.3 Å². The Balaban J connectivity index is 1.95. The summed E-state index contributed by atoms with van der Waals surface area (Å²) in [6, 6.07) is 6.76. The molecule has 1 atom stereocenters. The molecular weight excluding hydrogens is 243 g/mol. The molecule has 2 nitrogen and oxygen atoms in total. The zero-order valence-corrected chi connectivity index (χ0v) is 10.1. The Labute approximate surface area is 104 Å². The molecule has 100 valence electrons. The lowest BCUT2D eigenvalue weighted by Crippen LogP contribution is -2.30. The van der Waals surface area contributed by atoms with Gasteiger partial charge in [0.25, 0.3) is 0 Å². The molecule has 0 spiro atoms. The second kappa shape index (κ2) is 4.46. The predicted molar refractivity (Wildman–Crippen MR) is 62.3 cm³/mol. The molecule has 2 N–H and O–H groups in total. The average molecular weight is 259 g/mol. The van der Waals surface area contributed by atoms with Gasteiger partial charge >= 0.3 is 6.18 Å². The summed E-state index contributed by atoms with van der Waals surface area (Å²) in [7, 11) is 0. The molecule has 1 fully saturated rings. The van der Waals surface area contributed by atoms with Crippen LogP contribution in [0.1, 0.15) is 31.4 Å². The fourth-order valence-corrected chi connectivity index (χ4v) is 1.75. The number of hydrogen-bond donors (Lipinski definition) is 1. The molecule has 0 radical (unpaired) electrons. The zero-order chi connectivity index (χ0) is 13.4. The minimum atomic E-state index is -4.17. The molecule has 1 unspecified atom stereocenters. The molecule has 0 bridgehead atoms. The van der Waals surface area contributed by atoms with Crippen molar-refractivity contribution in [3.8, 4) is 5.75 Å². The summed E-state index contributed by atoms with van der Waals surface area (Å²) in [5.74, 6) is 0.454. The largest absolute Gasteiger partial charge is 0.493 e. The molecule has 1 aromatic carbocycles. The van der Waals surface area contributed by atoms with E-state index in [0.29, 0.717) is 5.75 Å². The van der Waals surface area contributed by atoms with Crippen molar-refractivity contribution < 1.29 is 17.9 Å². The van der Waals surface area contributed by atoms with Gasteiger partial charge in [-0.05, 0) is 37.5 Å². The maximum atomic E-state index is 12.7. The number of ether oxygens (including phenoxy) is 1. The molecule has 1 saturated carbocycles. The monoisotopic (exact) mass is 259 g/mol. The van der Waals surface area contributed by atoms with Gasteiger partial charge in [-0.1, -0.05) is 12.1 Å². The number of halogens is 3. The Kier molecular flexibility index (Phi) is 3.27. The third-order valence-electron chi connectivity index (χ3n) is 3.38. The van der Waals surface area contributed by atoms with Crippen LogP contribution in [0, 0.1) is 5.41 Å². The highest BCUT2D eigenvalue weighted by molar-refractivity contribution is 5.29. The van der Waals surface area contributed by atoms with E-state index in [0.717, 1.165) is 5.56 Å². The van der Waals surface area contributed by atoms with E-state index >= 15 is 0 Å². The molecule has 1 aliphatic rings. The number of hydrogen-bond acceptors (Lipinski definition) is 2. The third kappa shape index (κ3) is 2.61. The Morgan fingerprint density at radius 2 is 1.83 bits per heavy atom. The molecule has 1 aromatic rings. The number of benzene rings is 1. The van der Waals surface area contributed by atoms with Crippen LogP contribution in [0.3, 0.4) is 0 Å². The van der Waals surface area contributed by atoms with Crippen molar-refractivity contribution in [1.82, 2.24) is 0 Å². The second-order valence-electron chi connectivity index (χ2n) is 4.92. The van der Waals surface area contributed by atoms with E-state index in [1.807, 2.05) is 6.92 Å². The van der Waals surface area contributed by atoms with Gasteiger partial charge in [-0.2, -0.15) is 13.2 Å². The summed E-state index contributed by atoms with van der Waals surface area (Å²) in [5.41, 5.74) is 5.00. The van der Waals surface area contributed by atoms with Crippen LogP contribution in [-0.2, 0) is 0 Å². The minimum Gasteiger partial charge on any atom is -0.493 e. The number of alkyl halides is 3. The summed E-state index contributed by atoms with van der Waals surface area (Å²) in [5, 5.41) is 0. The molecular formula is C13H16F3NO. The lowest BCUT2D eigenvalue weighted by molar-refractivity contribution is -0.194. The highest BCUT2D eigenvalue weighted by atomic mass is 19.4. The quantitative estimate of drug-likeness (QED) is 0.899. The molecule has 5 heteroatoms. The first-order chi connectivity index (χ1) is 8.34. The third-order valence-corrected chi connectivity index (χ3v) is 3.38. The molecule has 0 aliphatic heterocycles. The van der Waals surface area contributed by atoms with Crippen molar-refractivity contribution in [2.45, 2.75) is 32.0 Å². The maximum absolute atomic E-state index is 12.7. The summed E-state index contributed by atoms with van der Waals surface area (Å²) in [6.07, 6.45) is -3.85. The van der Waals surface area contributed by atoms with Crippen LogP contribution >= 0.6 is 0 Å². The van der Waals surface area contributed by atoms with Crippen LogP contribution in [0.4, 0.5) is 13.2 Å². The SMILES string of the molecule is CC(N)c1ccc(OCC2(C(F)(F)F)CC2)cc1. The lowest BCUT2D eigenvalue weighted by Gasteiger charge is -2.19. The van der Waals surface area contributed by atoms with Crippen LogP contribution in [0.25, 0.3) is 0 Å². The van der Waals surface area contributed by atoms with Crippen molar-refractivity contribution in [2.75, 3.05) is 6.61 Å². The second-order valence-corrected chi connectivity index (χ2v) is 4.92. The van der Waals surface area contributed by atoms with Gasteiger partial charge in [-0.25, -0.2) is 0 Å².